The van der Waals surface area contributed by atoms with Crippen molar-refractivity contribution >= 4 is 46.3 Å². The van der Waals surface area contributed by atoms with Gasteiger partial charge >= 0.3 is 0 Å². The van der Waals surface area contributed by atoms with E-state index in [-0.39, 0.29) is 0 Å². The summed E-state index contributed by atoms with van der Waals surface area (Å²) >= 11 is 0. The summed E-state index contributed by atoms with van der Waals surface area (Å²) in [5.74, 6) is 1.62. The second-order valence-electron chi connectivity index (χ2n) is 27.9. The zero-order valence-corrected chi connectivity index (χ0v) is 59.8. The van der Waals surface area contributed by atoms with Crippen LogP contribution in [0.3, 0.4) is 0 Å². The fourth-order valence-corrected chi connectivity index (χ4v) is 16.6. The first-order valence-corrected chi connectivity index (χ1v) is 37.0. The molecule has 2 aliphatic rings. The summed E-state index contributed by atoms with van der Waals surface area (Å²) in [6.45, 7) is 8.79. The van der Waals surface area contributed by atoms with Crippen LogP contribution in [0.1, 0.15) is 66.8 Å². The first-order valence-electron chi connectivity index (χ1n) is 37.0. The van der Waals surface area contributed by atoms with Gasteiger partial charge in [-0.3, -0.25) is 0 Å². The van der Waals surface area contributed by atoms with Crippen LogP contribution in [0.25, 0.3) is 67.8 Å². The van der Waals surface area contributed by atoms with Gasteiger partial charge in [-0.2, -0.15) is 0 Å². The SMILES string of the molecule is C=Cc1ccc(COc2ccc(C3(c4ccccc4)c4cc(-c5ccccc5)ccc4-c4ccc(N(c5ccccc5)c5ccc(-c6ccc(N(c7ccccc7)c7ccc8c(c7)[C@@](c7ccccc7)(c7ccc(OCc9ccc(C=C)cc9)cc7)c7cc(-c9ccccc9)ccc7-8)cc6)cc5)cc43)cc2)cc1. The summed E-state index contributed by atoms with van der Waals surface area (Å²) in [7, 11) is 0. The van der Waals surface area contributed by atoms with E-state index in [1.807, 2.05) is 12.2 Å². The van der Waals surface area contributed by atoms with Crippen LogP contribution in [0.15, 0.2) is 414 Å². The Morgan fingerprint density at radius 1 is 0.231 bits per heavy atom. The van der Waals surface area contributed by atoms with Crippen molar-refractivity contribution in [2.45, 2.75) is 24.0 Å². The summed E-state index contributed by atoms with van der Waals surface area (Å²) in [6.07, 6.45) is 3.73. The standard InChI is InChI=1S/C104H76N2O2/c1-3-73-35-39-75(40-36-73)71-107-93-59-49-85(50-60-93)103(83-27-15-7-16-28-83)99-67-81(77-23-11-5-12-24-77)47-63-95(99)97-65-57-91(69-101(97)103)105(87-31-19-9-20-32-87)89-53-43-79(44-54-89)80-45-55-90(56-46-80)106(88-33-21-10-22-34-88)92-58-66-98-96-64-48-82(78-25-13-6-14-26-78)68-100(96)104(102(98)70-92,84-29-17-8-18-30-84)86-51-61-94(62-52-86)108-72-76-41-37-74(4-2)38-42-76/h3-70H,1-2,71-72H2/t103-,104?/m0/s1. The number of fused-ring (bicyclic) bond motifs is 6. The van der Waals surface area contributed by atoms with Crippen molar-refractivity contribution in [2.24, 2.45) is 0 Å². The zero-order chi connectivity index (χ0) is 72.4. The molecule has 16 aromatic rings. The maximum absolute atomic E-state index is 6.51. The van der Waals surface area contributed by atoms with Gasteiger partial charge in [0.25, 0.3) is 0 Å². The van der Waals surface area contributed by atoms with Crippen molar-refractivity contribution in [3.8, 4) is 67.1 Å². The Labute approximate surface area is 633 Å². The van der Waals surface area contributed by atoms with E-state index in [1.54, 1.807) is 0 Å². The number of nitrogens with zero attached hydrogens (tertiary/aromatic N) is 2. The number of hydrogen-bond acceptors (Lipinski definition) is 4. The molecule has 2 atom stereocenters. The lowest BCUT2D eigenvalue weighted by atomic mass is 9.67. The number of hydrogen-bond donors (Lipinski definition) is 0. The van der Waals surface area contributed by atoms with Crippen LogP contribution < -0.4 is 19.3 Å². The van der Waals surface area contributed by atoms with Gasteiger partial charge in [-0.05, 0) is 232 Å². The number of anilines is 6. The quantitative estimate of drug-likeness (QED) is 0.0716. The molecule has 0 N–H and O–H groups in total. The van der Waals surface area contributed by atoms with Crippen LogP contribution in [0, 0.1) is 0 Å². The van der Waals surface area contributed by atoms with E-state index in [9.17, 15) is 0 Å². The van der Waals surface area contributed by atoms with Crippen molar-refractivity contribution < 1.29 is 9.47 Å². The molecule has 108 heavy (non-hydrogen) atoms. The minimum absolute atomic E-state index is 0.456. The van der Waals surface area contributed by atoms with E-state index in [0.717, 1.165) is 90.1 Å². The molecule has 0 radical (unpaired) electrons. The molecule has 0 aliphatic heterocycles. The third kappa shape index (κ3) is 12.1. The second kappa shape index (κ2) is 28.7. The molecule has 0 spiro atoms. The molecule has 1 unspecified atom stereocenters. The smallest absolute Gasteiger partial charge is 0.119 e. The molecule has 0 aromatic heterocycles. The van der Waals surface area contributed by atoms with Gasteiger partial charge in [0, 0.05) is 34.1 Å². The van der Waals surface area contributed by atoms with Crippen LogP contribution in [0.4, 0.5) is 34.1 Å². The molecule has 0 saturated heterocycles. The van der Waals surface area contributed by atoms with Crippen molar-refractivity contribution in [1.82, 2.24) is 0 Å². The lowest BCUT2D eigenvalue weighted by molar-refractivity contribution is 0.306. The molecule has 4 nitrogen and oxygen atoms in total. The van der Waals surface area contributed by atoms with E-state index >= 15 is 0 Å². The van der Waals surface area contributed by atoms with Crippen LogP contribution >= 0.6 is 0 Å². The van der Waals surface area contributed by atoms with Crippen molar-refractivity contribution in [3.63, 3.8) is 0 Å². The Bertz CT molecular complexity index is 5520. The van der Waals surface area contributed by atoms with E-state index in [2.05, 4.69) is 423 Å². The summed E-state index contributed by atoms with van der Waals surface area (Å²) < 4.78 is 13.0. The largest absolute Gasteiger partial charge is 0.489 e. The molecule has 4 heteroatoms. The fourth-order valence-electron chi connectivity index (χ4n) is 16.6. The molecular weight excluding hydrogens is 1310 g/mol. The average molecular weight is 1390 g/mol. The lowest BCUT2D eigenvalue weighted by Gasteiger charge is -2.35. The first-order chi connectivity index (χ1) is 53.4. The highest BCUT2D eigenvalue weighted by molar-refractivity contribution is 5.94. The van der Waals surface area contributed by atoms with Crippen LogP contribution in [0.2, 0.25) is 0 Å². The zero-order valence-electron chi connectivity index (χ0n) is 59.8. The van der Waals surface area contributed by atoms with Crippen LogP contribution in [0.5, 0.6) is 11.5 Å². The average Bonchev–Trinajstić information content (AvgIpc) is 1.54. The monoisotopic (exact) mass is 1380 g/mol. The van der Waals surface area contributed by atoms with E-state index in [1.165, 1.54) is 77.9 Å². The normalized spacial score (nSPS) is 14.3. The van der Waals surface area contributed by atoms with E-state index < -0.39 is 10.8 Å². The number of benzene rings is 16. The minimum Gasteiger partial charge on any atom is -0.489 e. The summed E-state index contributed by atoms with van der Waals surface area (Å²) in [5, 5.41) is 0. The Balaban J connectivity index is 0.707. The van der Waals surface area contributed by atoms with Gasteiger partial charge in [0.2, 0.25) is 0 Å². The highest BCUT2D eigenvalue weighted by Crippen LogP contribution is 2.60. The third-order valence-corrected chi connectivity index (χ3v) is 21.8. The number of ether oxygens (including phenoxy) is 2. The molecule has 0 heterocycles. The maximum atomic E-state index is 6.51. The van der Waals surface area contributed by atoms with Crippen LogP contribution in [-0.4, -0.2) is 0 Å². The number of para-hydroxylation sites is 2. The Kier molecular flexibility index (Phi) is 17.6. The van der Waals surface area contributed by atoms with Gasteiger partial charge in [0.05, 0.1) is 10.8 Å². The Morgan fingerprint density at radius 2 is 0.500 bits per heavy atom. The predicted octanol–water partition coefficient (Wildman–Crippen LogP) is 26.8. The maximum Gasteiger partial charge on any atom is 0.119 e. The lowest BCUT2D eigenvalue weighted by Crippen LogP contribution is -2.29. The van der Waals surface area contributed by atoms with Crippen molar-refractivity contribution in [2.75, 3.05) is 9.80 Å². The summed E-state index contributed by atoms with van der Waals surface area (Å²) in [5.41, 5.74) is 30.5. The molecule has 0 fully saturated rings. The fraction of sp³-hybridized carbons (Fsp3) is 0.0385. The molecule has 18 rings (SSSR count). The molecule has 0 amide bonds. The molecule has 0 bridgehead atoms. The molecular formula is C104H76N2O2. The minimum atomic E-state index is -0.712. The molecule has 514 valence electrons. The Morgan fingerprint density at radius 3 is 0.843 bits per heavy atom. The van der Waals surface area contributed by atoms with Crippen LogP contribution in [-0.2, 0) is 24.0 Å². The van der Waals surface area contributed by atoms with Gasteiger partial charge in [0.1, 0.15) is 24.7 Å². The van der Waals surface area contributed by atoms with E-state index in [4.69, 9.17) is 9.47 Å². The summed E-state index contributed by atoms with van der Waals surface area (Å²) in [6, 6.07) is 146. The predicted molar refractivity (Wildman–Crippen MR) is 448 cm³/mol. The van der Waals surface area contributed by atoms with Gasteiger partial charge < -0.3 is 19.3 Å². The molecule has 2 aliphatic carbocycles. The van der Waals surface area contributed by atoms with Crippen molar-refractivity contribution in [1.29, 1.82) is 0 Å². The number of rotatable bonds is 21. The first kappa shape index (κ1) is 66.2. The highest BCUT2D eigenvalue weighted by atomic mass is 16.5. The second-order valence-corrected chi connectivity index (χ2v) is 27.9. The third-order valence-electron chi connectivity index (χ3n) is 21.8. The molecule has 16 aromatic carbocycles. The van der Waals surface area contributed by atoms with Gasteiger partial charge in [-0.15, -0.1) is 0 Å². The van der Waals surface area contributed by atoms with E-state index in [0.29, 0.717) is 13.2 Å². The summed E-state index contributed by atoms with van der Waals surface area (Å²) in [4.78, 5) is 4.80. The van der Waals surface area contributed by atoms with Crippen molar-refractivity contribution in [3.05, 3.63) is 480 Å². The van der Waals surface area contributed by atoms with Gasteiger partial charge in [-0.1, -0.05) is 316 Å². The van der Waals surface area contributed by atoms with Gasteiger partial charge in [0.15, 0.2) is 0 Å². The Hall–Kier alpha value is -13.8. The topological polar surface area (TPSA) is 24.9 Å². The van der Waals surface area contributed by atoms with Gasteiger partial charge in [-0.25, -0.2) is 0 Å². The molecule has 0 saturated carbocycles. The highest BCUT2D eigenvalue weighted by Gasteiger charge is 2.49.